The lowest BCUT2D eigenvalue weighted by atomic mass is 10.1. The van der Waals surface area contributed by atoms with Crippen LogP contribution in [0.4, 0.5) is 5.13 Å². The summed E-state index contributed by atoms with van der Waals surface area (Å²) in [5, 5.41) is 4.22. The number of nitrogens with one attached hydrogen (secondary N) is 1. The van der Waals surface area contributed by atoms with Crippen LogP contribution in [0.2, 0.25) is 0 Å². The molecule has 0 aliphatic heterocycles. The number of fused-ring (bicyclic) bond motifs is 1. The first-order chi connectivity index (χ1) is 9.52. The molecule has 0 fully saturated rings. The highest BCUT2D eigenvalue weighted by Gasteiger charge is 2.13. The largest absolute Gasteiger partial charge is 0.491 e. The van der Waals surface area contributed by atoms with Gasteiger partial charge in [0.25, 0.3) is 0 Å². The van der Waals surface area contributed by atoms with Crippen molar-refractivity contribution in [1.29, 1.82) is 0 Å². The number of rotatable bonds is 6. The molecule has 4 nitrogen and oxygen atoms in total. The molecular weight excluding hydrogens is 272 g/mol. The third kappa shape index (κ3) is 3.22. The highest BCUT2D eigenvalue weighted by Crippen LogP contribution is 2.35. The van der Waals surface area contributed by atoms with Gasteiger partial charge in [0.05, 0.1) is 22.9 Å². The number of aryl methyl sites for hydroxylation is 1. The Morgan fingerprint density at radius 2 is 2.05 bits per heavy atom. The van der Waals surface area contributed by atoms with Crippen molar-refractivity contribution in [2.75, 3.05) is 25.6 Å². The molecule has 0 unspecified atom stereocenters. The van der Waals surface area contributed by atoms with Crippen molar-refractivity contribution in [3.8, 4) is 5.75 Å². The van der Waals surface area contributed by atoms with E-state index in [1.165, 1.54) is 11.1 Å². The standard InChI is InChI=1S/C15H22N2O2S/c1-9(2)19-12-8-13-14(11(4)10(12)3)17-15(20-13)16-6-7-18-5/h8-9H,6-7H2,1-5H3,(H,16,17). The van der Waals surface area contributed by atoms with Crippen molar-refractivity contribution in [2.45, 2.75) is 33.8 Å². The maximum atomic E-state index is 5.88. The Hall–Kier alpha value is -1.33. The molecule has 1 aromatic heterocycles. The summed E-state index contributed by atoms with van der Waals surface area (Å²) in [4.78, 5) is 4.66. The zero-order valence-electron chi connectivity index (χ0n) is 12.7. The maximum Gasteiger partial charge on any atom is 0.183 e. The molecule has 0 saturated heterocycles. The minimum absolute atomic E-state index is 0.178. The molecule has 2 aromatic rings. The van der Waals surface area contributed by atoms with Gasteiger partial charge in [0.15, 0.2) is 5.13 Å². The first kappa shape index (κ1) is 15.1. The van der Waals surface area contributed by atoms with Gasteiger partial charge in [-0.15, -0.1) is 0 Å². The third-order valence-corrected chi connectivity index (χ3v) is 4.11. The Labute approximate surface area is 124 Å². The van der Waals surface area contributed by atoms with Crippen LogP contribution in [0, 0.1) is 13.8 Å². The van der Waals surface area contributed by atoms with Crippen molar-refractivity contribution < 1.29 is 9.47 Å². The van der Waals surface area contributed by atoms with Crippen molar-refractivity contribution in [1.82, 2.24) is 4.98 Å². The fourth-order valence-electron chi connectivity index (χ4n) is 2.00. The van der Waals surface area contributed by atoms with Crippen LogP contribution in [0.1, 0.15) is 25.0 Å². The fourth-order valence-corrected chi connectivity index (χ4v) is 2.98. The zero-order valence-corrected chi connectivity index (χ0v) is 13.6. The van der Waals surface area contributed by atoms with E-state index in [0.29, 0.717) is 6.61 Å². The minimum Gasteiger partial charge on any atom is -0.491 e. The molecule has 0 amide bonds. The van der Waals surface area contributed by atoms with E-state index in [1.807, 2.05) is 13.8 Å². The summed E-state index contributed by atoms with van der Waals surface area (Å²) in [7, 11) is 1.70. The first-order valence-electron chi connectivity index (χ1n) is 6.83. The van der Waals surface area contributed by atoms with E-state index in [-0.39, 0.29) is 6.10 Å². The predicted molar refractivity (Wildman–Crippen MR) is 85.2 cm³/mol. The Morgan fingerprint density at radius 3 is 2.70 bits per heavy atom. The Morgan fingerprint density at radius 1 is 1.30 bits per heavy atom. The van der Waals surface area contributed by atoms with Crippen LogP contribution >= 0.6 is 11.3 Å². The molecular formula is C15H22N2O2S. The van der Waals surface area contributed by atoms with Crippen LogP contribution in [0.15, 0.2) is 6.07 Å². The van der Waals surface area contributed by atoms with Crippen LogP contribution in [-0.4, -0.2) is 31.3 Å². The average Bonchev–Trinajstić information content (AvgIpc) is 2.78. The number of ether oxygens (including phenoxy) is 2. The van der Waals surface area contributed by atoms with Crippen molar-refractivity contribution in [3.63, 3.8) is 0 Å². The van der Waals surface area contributed by atoms with Gasteiger partial charge in [-0.1, -0.05) is 11.3 Å². The lowest BCUT2D eigenvalue weighted by molar-refractivity contribution is 0.211. The molecule has 20 heavy (non-hydrogen) atoms. The molecule has 5 heteroatoms. The molecule has 110 valence electrons. The van der Waals surface area contributed by atoms with Crippen LogP contribution in [0.25, 0.3) is 10.2 Å². The average molecular weight is 294 g/mol. The van der Waals surface area contributed by atoms with Gasteiger partial charge in [0, 0.05) is 13.7 Å². The Balaban J connectivity index is 2.33. The van der Waals surface area contributed by atoms with Crippen LogP contribution in [-0.2, 0) is 4.74 Å². The molecule has 0 atom stereocenters. The van der Waals surface area contributed by atoms with Gasteiger partial charge in [-0.2, -0.15) is 0 Å². The second-order valence-corrected chi connectivity index (χ2v) is 6.11. The van der Waals surface area contributed by atoms with E-state index in [4.69, 9.17) is 9.47 Å². The number of thiazole rings is 1. The number of hydrogen-bond acceptors (Lipinski definition) is 5. The molecule has 0 spiro atoms. The van der Waals surface area contributed by atoms with Gasteiger partial charge < -0.3 is 14.8 Å². The van der Waals surface area contributed by atoms with Crippen molar-refractivity contribution >= 4 is 26.7 Å². The van der Waals surface area contributed by atoms with Gasteiger partial charge in [-0.25, -0.2) is 4.98 Å². The van der Waals surface area contributed by atoms with Crippen molar-refractivity contribution in [2.24, 2.45) is 0 Å². The Bertz CT molecular complexity index is 593. The van der Waals surface area contributed by atoms with Gasteiger partial charge in [-0.3, -0.25) is 0 Å². The topological polar surface area (TPSA) is 43.4 Å². The smallest absolute Gasteiger partial charge is 0.183 e. The summed E-state index contributed by atoms with van der Waals surface area (Å²) in [6.45, 7) is 9.72. The molecule has 0 saturated carbocycles. The van der Waals surface area contributed by atoms with E-state index in [9.17, 15) is 0 Å². The highest BCUT2D eigenvalue weighted by atomic mass is 32.1. The summed E-state index contributed by atoms with van der Waals surface area (Å²) >= 11 is 1.65. The summed E-state index contributed by atoms with van der Waals surface area (Å²) in [6.07, 6.45) is 0.178. The normalized spacial score (nSPS) is 11.3. The molecule has 1 N–H and O–H groups in total. The number of benzene rings is 1. The summed E-state index contributed by atoms with van der Waals surface area (Å²) in [6, 6.07) is 2.09. The van der Waals surface area contributed by atoms with E-state index in [0.717, 1.165) is 27.6 Å². The molecule has 1 aromatic carbocycles. The van der Waals surface area contributed by atoms with Gasteiger partial charge in [0.1, 0.15) is 5.75 Å². The minimum atomic E-state index is 0.178. The van der Waals surface area contributed by atoms with E-state index >= 15 is 0 Å². The second kappa shape index (κ2) is 6.41. The van der Waals surface area contributed by atoms with Gasteiger partial charge >= 0.3 is 0 Å². The highest BCUT2D eigenvalue weighted by molar-refractivity contribution is 7.22. The number of hydrogen-bond donors (Lipinski definition) is 1. The van der Waals surface area contributed by atoms with Crippen LogP contribution < -0.4 is 10.1 Å². The molecule has 2 rings (SSSR count). The molecule has 0 aliphatic rings. The van der Waals surface area contributed by atoms with Crippen LogP contribution in [0.5, 0.6) is 5.75 Å². The van der Waals surface area contributed by atoms with Crippen molar-refractivity contribution in [3.05, 3.63) is 17.2 Å². The summed E-state index contributed by atoms with van der Waals surface area (Å²) in [5.74, 6) is 0.956. The molecule has 1 heterocycles. The van der Waals surface area contributed by atoms with Gasteiger partial charge in [0.2, 0.25) is 0 Å². The number of nitrogens with zero attached hydrogens (tertiary/aromatic N) is 1. The fraction of sp³-hybridized carbons (Fsp3) is 0.533. The number of aromatic nitrogens is 1. The van der Waals surface area contributed by atoms with Crippen LogP contribution in [0.3, 0.4) is 0 Å². The molecule has 0 radical (unpaired) electrons. The number of anilines is 1. The maximum absolute atomic E-state index is 5.88. The summed E-state index contributed by atoms with van der Waals surface area (Å²) < 4.78 is 12.1. The SMILES string of the molecule is COCCNc1nc2c(C)c(C)c(OC(C)C)cc2s1. The lowest BCUT2D eigenvalue weighted by Crippen LogP contribution is -2.07. The second-order valence-electron chi connectivity index (χ2n) is 5.08. The summed E-state index contributed by atoms with van der Waals surface area (Å²) in [5.41, 5.74) is 3.41. The van der Waals surface area contributed by atoms with E-state index < -0.39 is 0 Å². The predicted octanol–water partition coefficient (Wildman–Crippen LogP) is 3.76. The lowest BCUT2D eigenvalue weighted by Gasteiger charge is -2.14. The Kier molecular flexibility index (Phi) is 4.83. The van der Waals surface area contributed by atoms with E-state index in [1.54, 1.807) is 18.4 Å². The zero-order chi connectivity index (χ0) is 14.7. The van der Waals surface area contributed by atoms with E-state index in [2.05, 4.69) is 30.2 Å². The third-order valence-electron chi connectivity index (χ3n) is 3.15. The molecule has 0 bridgehead atoms. The molecule has 0 aliphatic carbocycles. The first-order valence-corrected chi connectivity index (χ1v) is 7.64. The quantitative estimate of drug-likeness (QED) is 0.824. The monoisotopic (exact) mass is 294 g/mol. The number of methoxy groups -OCH3 is 1. The van der Waals surface area contributed by atoms with Gasteiger partial charge in [-0.05, 0) is 44.9 Å².